The molecule has 1 rings (SSSR count). The molecule has 1 atom stereocenters. The molecule has 0 aromatic carbocycles. The molecule has 12 heavy (non-hydrogen) atoms. The van der Waals surface area contributed by atoms with Crippen LogP contribution in [0.25, 0.3) is 0 Å². The van der Waals surface area contributed by atoms with Crippen molar-refractivity contribution in [2.24, 2.45) is 5.73 Å². The highest BCUT2D eigenvalue weighted by molar-refractivity contribution is 5.77. The number of nitrogens with zero attached hydrogens (tertiary/aromatic N) is 1. The molecule has 1 fully saturated rings. The first-order chi connectivity index (χ1) is 5.61. The molecule has 0 aromatic rings. The van der Waals surface area contributed by atoms with Crippen molar-refractivity contribution in [3.63, 3.8) is 0 Å². The lowest BCUT2D eigenvalue weighted by molar-refractivity contribution is -0.130. The van der Waals surface area contributed by atoms with Crippen LogP contribution in [0.3, 0.4) is 0 Å². The Balaban J connectivity index is 2.52. The van der Waals surface area contributed by atoms with Gasteiger partial charge in [-0.25, -0.2) is 0 Å². The van der Waals surface area contributed by atoms with Crippen LogP contribution >= 0.6 is 0 Å². The average Bonchev–Trinajstić information content (AvgIpc) is 2.33. The second-order valence-electron chi connectivity index (χ2n) is 3.18. The third kappa shape index (κ3) is 1.96. The molecule has 0 aliphatic carbocycles. The molecule has 1 unspecified atom stereocenters. The second-order valence-corrected chi connectivity index (χ2v) is 3.18. The van der Waals surface area contributed by atoms with Gasteiger partial charge in [-0.05, 0) is 12.8 Å². The van der Waals surface area contributed by atoms with Crippen molar-refractivity contribution in [3.8, 4) is 0 Å². The highest BCUT2D eigenvalue weighted by Gasteiger charge is 2.27. The van der Waals surface area contributed by atoms with Crippen LogP contribution in [-0.2, 0) is 9.59 Å². The number of rotatable bonds is 2. The smallest absolute Gasteiger partial charge is 0.219 e. The van der Waals surface area contributed by atoms with Gasteiger partial charge < -0.3 is 10.6 Å². The Hall–Kier alpha value is -1.06. The average molecular weight is 170 g/mol. The zero-order valence-corrected chi connectivity index (χ0v) is 7.25. The number of hydrogen-bond donors (Lipinski definition) is 1. The maximum Gasteiger partial charge on any atom is 0.219 e. The number of nitrogens with two attached hydrogens (primary N) is 1. The predicted molar refractivity (Wildman–Crippen MR) is 44.2 cm³/mol. The molecular formula is C8H14N2O2. The van der Waals surface area contributed by atoms with E-state index in [1.165, 1.54) is 6.92 Å². The van der Waals surface area contributed by atoms with E-state index >= 15 is 0 Å². The molecule has 0 saturated carbocycles. The maximum absolute atomic E-state index is 11.0. The molecule has 0 aromatic heterocycles. The van der Waals surface area contributed by atoms with E-state index in [0.29, 0.717) is 6.42 Å². The summed E-state index contributed by atoms with van der Waals surface area (Å²) in [4.78, 5) is 23.3. The SMILES string of the molecule is CC(=O)N1CCCC1CC(N)=O. The lowest BCUT2D eigenvalue weighted by Crippen LogP contribution is -2.36. The van der Waals surface area contributed by atoms with Gasteiger partial charge in [0.15, 0.2) is 0 Å². The van der Waals surface area contributed by atoms with Gasteiger partial charge in [0.2, 0.25) is 11.8 Å². The van der Waals surface area contributed by atoms with E-state index in [0.717, 1.165) is 19.4 Å². The first kappa shape index (κ1) is 9.03. The summed E-state index contributed by atoms with van der Waals surface area (Å²) in [6.07, 6.45) is 2.19. The van der Waals surface area contributed by atoms with Crippen LogP contribution in [0.2, 0.25) is 0 Å². The van der Waals surface area contributed by atoms with Crippen molar-refractivity contribution in [1.82, 2.24) is 4.90 Å². The van der Waals surface area contributed by atoms with E-state index in [2.05, 4.69) is 0 Å². The second kappa shape index (κ2) is 3.56. The molecule has 0 radical (unpaired) electrons. The molecule has 2 N–H and O–H groups in total. The van der Waals surface area contributed by atoms with Crippen molar-refractivity contribution in [2.45, 2.75) is 32.2 Å². The lowest BCUT2D eigenvalue weighted by atomic mass is 10.1. The van der Waals surface area contributed by atoms with Crippen LogP contribution in [0.1, 0.15) is 26.2 Å². The minimum absolute atomic E-state index is 0.0405. The Bertz CT molecular complexity index is 203. The van der Waals surface area contributed by atoms with Gasteiger partial charge in [-0.15, -0.1) is 0 Å². The van der Waals surface area contributed by atoms with E-state index in [1.54, 1.807) is 4.90 Å². The van der Waals surface area contributed by atoms with Crippen molar-refractivity contribution in [3.05, 3.63) is 0 Å². The zero-order valence-electron chi connectivity index (χ0n) is 7.25. The highest BCUT2D eigenvalue weighted by Crippen LogP contribution is 2.19. The van der Waals surface area contributed by atoms with Crippen molar-refractivity contribution >= 4 is 11.8 Å². The first-order valence-corrected chi connectivity index (χ1v) is 4.17. The van der Waals surface area contributed by atoms with Crippen LogP contribution in [0.4, 0.5) is 0 Å². The summed E-state index contributed by atoms with van der Waals surface area (Å²) in [6.45, 7) is 2.30. The van der Waals surface area contributed by atoms with Crippen molar-refractivity contribution < 1.29 is 9.59 Å². The summed E-state index contributed by atoms with van der Waals surface area (Å²) in [5, 5.41) is 0. The number of carbonyl (C=O) groups excluding carboxylic acids is 2. The van der Waals surface area contributed by atoms with Crippen LogP contribution in [0.15, 0.2) is 0 Å². The van der Waals surface area contributed by atoms with Crippen LogP contribution in [0, 0.1) is 0 Å². The summed E-state index contributed by atoms with van der Waals surface area (Å²) in [7, 11) is 0. The highest BCUT2D eigenvalue weighted by atomic mass is 16.2. The van der Waals surface area contributed by atoms with Gasteiger partial charge in [-0.1, -0.05) is 0 Å². The summed E-state index contributed by atoms with van der Waals surface area (Å²) in [5.41, 5.74) is 5.06. The Labute approximate surface area is 71.7 Å². The van der Waals surface area contributed by atoms with Gasteiger partial charge in [0.05, 0.1) is 0 Å². The van der Waals surface area contributed by atoms with Gasteiger partial charge in [0, 0.05) is 25.9 Å². The third-order valence-electron chi connectivity index (χ3n) is 2.22. The molecule has 4 nitrogen and oxygen atoms in total. The van der Waals surface area contributed by atoms with Crippen LogP contribution < -0.4 is 5.73 Å². The van der Waals surface area contributed by atoms with E-state index in [9.17, 15) is 9.59 Å². The fraction of sp³-hybridized carbons (Fsp3) is 0.750. The quantitative estimate of drug-likeness (QED) is 0.627. The van der Waals surface area contributed by atoms with E-state index < -0.39 is 0 Å². The fourth-order valence-electron chi connectivity index (χ4n) is 1.69. The Morgan fingerprint density at radius 2 is 2.25 bits per heavy atom. The normalized spacial score (nSPS) is 22.8. The molecule has 0 bridgehead atoms. The fourth-order valence-corrected chi connectivity index (χ4v) is 1.69. The molecule has 2 amide bonds. The predicted octanol–water partition coefficient (Wildman–Crippen LogP) is -0.127. The number of carbonyl (C=O) groups is 2. The first-order valence-electron chi connectivity index (χ1n) is 4.17. The van der Waals surface area contributed by atoms with Crippen molar-refractivity contribution in [1.29, 1.82) is 0 Å². The number of hydrogen-bond acceptors (Lipinski definition) is 2. The molecular weight excluding hydrogens is 156 g/mol. The van der Waals surface area contributed by atoms with Gasteiger partial charge in [-0.2, -0.15) is 0 Å². The molecule has 1 aliphatic heterocycles. The summed E-state index contributed by atoms with van der Waals surface area (Å²) in [6, 6.07) is 0.0556. The topological polar surface area (TPSA) is 63.4 Å². The van der Waals surface area contributed by atoms with Gasteiger partial charge in [0.25, 0.3) is 0 Å². The Morgan fingerprint density at radius 3 is 2.75 bits per heavy atom. The van der Waals surface area contributed by atoms with Crippen molar-refractivity contribution in [2.75, 3.05) is 6.54 Å². The number of primary amides is 1. The monoisotopic (exact) mass is 170 g/mol. The number of likely N-dealkylation sites (tertiary alicyclic amines) is 1. The third-order valence-corrected chi connectivity index (χ3v) is 2.22. The molecule has 1 saturated heterocycles. The molecule has 1 heterocycles. The molecule has 4 heteroatoms. The lowest BCUT2D eigenvalue weighted by Gasteiger charge is -2.21. The largest absolute Gasteiger partial charge is 0.370 e. The van der Waals surface area contributed by atoms with Gasteiger partial charge in [0.1, 0.15) is 0 Å². The van der Waals surface area contributed by atoms with E-state index in [4.69, 9.17) is 5.73 Å². The summed E-state index contributed by atoms with van der Waals surface area (Å²) in [5.74, 6) is -0.285. The van der Waals surface area contributed by atoms with Gasteiger partial charge in [-0.3, -0.25) is 9.59 Å². The minimum Gasteiger partial charge on any atom is -0.370 e. The molecule has 1 aliphatic rings. The summed E-state index contributed by atoms with van der Waals surface area (Å²) < 4.78 is 0. The van der Waals surface area contributed by atoms with Crippen LogP contribution in [0.5, 0.6) is 0 Å². The Kier molecular flexibility index (Phi) is 2.68. The van der Waals surface area contributed by atoms with Gasteiger partial charge >= 0.3 is 0 Å². The molecule has 68 valence electrons. The zero-order chi connectivity index (χ0) is 9.14. The van der Waals surface area contributed by atoms with E-state index in [-0.39, 0.29) is 17.9 Å². The van der Waals surface area contributed by atoms with Crippen LogP contribution in [-0.4, -0.2) is 29.3 Å². The Morgan fingerprint density at radius 1 is 1.58 bits per heavy atom. The standard InChI is InChI=1S/C8H14N2O2/c1-6(11)10-4-2-3-7(10)5-8(9)12/h7H,2-5H2,1H3,(H2,9,12). The molecule has 0 spiro atoms. The number of amides is 2. The van der Waals surface area contributed by atoms with E-state index in [1.807, 2.05) is 0 Å². The summed E-state index contributed by atoms with van der Waals surface area (Å²) >= 11 is 0. The minimum atomic E-state index is -0.326. The maximum atomic E-state index is 11.0.